The van der Waals surface area contributed by atoms with E-state index in [9.17, 15) is 5.26 Å². The zero-order chi connectivity index (χ0) is 21.2. The lowest BCUT2D eigenvalue weighted by atomic mass is 10.1. The van der Waals surface area contributed by atoms with Gasteiger partial charge in [0.15, 0.2) is 11.6 Å². The standard InChI is InChI=1S/C24H17N7/c1-16-11-23(29-20-10-6-5-9-19(16)20)31-24(18(13-25)14-28-31)30-22-12-21(26-15-27-22)17-7-3-2-4-8-17/h2-12,14-15H,1H3,(H,26,27,30). The first-order chi connectivity index (χ1) is 15.2. The molecule has 0 saturated carbocycles. The number of rotatable bonds is 4. The first-order valence-electron chi connectivity index (χ1n) is 9.72. The Kier molecular flexibility index (Phi) is 4.58. The Hall–Kier alpha value is -4.57. The van der Waals surface area contributed by atoms with E-state index < -0.39 is 0 Å². The minimum atomic E-state index is 0.396. The molecule has 2 aromatic carbocycles. The predicted octanol–water partition coefficient (Wildman–Crippen LogP) is 4.80. The number of aryl methyl sites for hydroxylation is 1. The van der Waals surface area contributed by atoms with E-state index in [0.29, 0.717) is 23.0 Å². The Morgan fingerprint density at radius 2 is 1.77 bits per heavy atom. The lowest BCUT2D eigenvalue weighted by molar-refractivity contribution is 0.857. The second-order valence-corrected chi connectivity index (χ2v) is 7.02. The fourth-order valence-electron chi connectivity index (χ4n) is 3.48. The topological polar surface area (TPSA) is 92.3 Å². The molecule has 148 valence electrons. The van der Waals surface area contributed by atoms with Crippen LogP contribution in [-0.4, -0.2) is 24.7 Å². The monoisotopic (exact) mass is 403 g/mol. The second kappa shape index (κ2) is 7.69. The van der Waals surface area contributed by atoms with Crippen LogP contribution >= 0.6 is 0 Å². The van der Waals surface area contributed by atoms with Crippen molar-refractivity contribution in [2.75, 3.05) is 5.32 Å². The Bertz CT molecular complexity index is 1430. The van der Waals surface area contributed by atoms with Crippen LogP contribution in [0.1, 0.15) is 11.1 Å². The molecule has 3 aromatic heterocycles. The van der Waals surface area contributed by atoms with Crippen LogP contribution in [0, 0.1) is 18.3 Å². The lowest BCUT2D eigenvalue weighted by Crippen LogP contribution is -2.07. The summed E-state index contributed by atoms with van der Waals surface area (Å²) in [6.45, 7) is 2.03. The largest absolute Gasteiger partial charge is 0.324 e. The van der Waals surface area contributed by atoms with Crippen molar-refractivity contribution in [3.8, 4) is 23.1 Å². The molecule has 7 nitrogen and oxygen atoms in total. The number of nitriles is 1. The van der Waals surface area contributed by atoms with Gasteiger partial charge in [0.2, 0.25) is 0 Å². The van der Waals surface area contributed by atoms with Crippen molar-refractivity contribution >= 4 is 22.5 Å². The quantitative estimate of drug-likeness (QED) is 0.463. The molecular weight excluding hydrogens is 386 g/mol. The molecule has 0 bridgehead atoms. The van der Waals surface area contributed by atoms with Gasteiger partial charge in [0.1, 0.15) is 23.8 Å². The van der Waals surface area contributed by atoms with Gasteiger partial charge in [0, 0.05) is 17.0 Å². The Morgan fingerprint density at radius 3 is 2.61 bits per heavy atom. The van der Waals surface area contributed by atoms with E-state index in [-0.39, 0.29) is 0 Å². The average molecular weight is 403 g/mol. The number of pyridine rings is 1. The number of aromatic nitrogens is 5. The van der Waals surface area contributed by atoms with Crippen molar-refractivity contribution in [1.29, 1.82) is 5.26 Å². The number of nitrogens with zero attached hydrogens (tertiary/aromatic N) is 6. The average Bonchev–Trinajstić information content (AvgIpc) is 3.22. The first kappa shape index (κ1) is 18.5. The van der Waals surface area contributed by atoms with Gasteiger partial charge in [-0.05, 0) is 24.6 Å². The second-order valence-electron chi connectivity index (χ2n) is 7.02. The Labute approximate surface area is 178 Å². The van der Waals surface area contributed by atoms with Gasteiger partial charge >= 0.3 is 0 Å². The van der Waals surface area contributed by atoms with Crippen LogP contribution < -0.4 is 5.32 Å². The highest BCUT2D eigenvalue weighted by Gasteiger charge is 2.16. The minimum absolute atomic E-state index is 0.396. The van der Waals surface area contributed by atoms with E-state index in [4.69, 9.17) is 4.98 Å². The third-order valence-corrected chi connectivity index (χ3v) is 5.00. The molecule has 0 saturated heterocycles. The van der Waals surface area contributed by atoms with Gasteiger partial charge in [0.25, 0.3) is 0 Å². The van der Waals surface area contributed by atoms with Crippen molar-refractivity contribution in [3.63, 3.8) is 0 Å². The zero-order valence-corrected chi connectivity index (χ0v) is 16.7. The molecule has 0 atom stereocenters. The molecule has 5 rings (SSSR count). The summed E-state index contributed by atoms with van der Waals surface area (Å²) in [7, 11) is 0. The van der Waals surface area contributed by atoms with E-state index in [0.717, 1.165) is 27.7 Å². The summed E-state index contributed by atoms with van der Waals surface area (Å²) in [6, 6.07) is 23.8. The summed E-state index contributed by atoms with van der Waals surface area (Å²) in [5.74, 6) is 1.68. The summed E-state index contributed by atoms with van der Waals surface area (Å²) >= 11 is 0. The maximum atomic E-state index is 9.62. The maximum Gasteiger partial charge on any atom is 0.156 e. The van der Waals surface area contributed by atoms with Crippen LogP contribution in [0.4, 0.5) is 11.6 Å². The van der Waals surface area contributed by atoms with Crippen molar-refractivity contribution in [2.45, 2.75) is 6.92 Å². The molecule has 0 radical (unpaired) electrons. The highest BCUT2D eigenvalue weighted by molar-refractivity contribution is 5.83. The highest BCUT2D eigenvalue weighted by atomic mass is 15.4. The van der Waals surface area contributed by atoms with Crippen molar-refractivity contribution in [3.05, 3.63) is 90.4 Å². The summed E-state index contributed by atoms with van der Waals surface area (Å²) in [5.41, 5.74) is 4.10. The van der Waals surface area contributed by atoms with Crippen LogP contribution in [0.25, 0.3) is 28.0 Å². The smallest absolute Gasteiger partial charge is 0.156 e. The highest BCUT2D eigenvalue weighted by Crippen LogP contribution is 2.26. The third-order valence-electron chi connectivity index (χ3n) is 5.00. The molecule has 0 fully saturated rings. The Morgan fingerprint density at radius 1 is 0.968 bits per heavy atom. The van der Waals surface area contributed by atoms with E-state index in [2.05, 4.69) is 26.5 Å². The number of fused-ring (bicyclic) bond motifs is 1. The van der Waals surface area contributed by atoms with Gasteiger partial charge in [-0.25, -0.2) is 15.0 Å². The van der Waals surface area contributed by atoms with Crippen molar-refractivity contribution < 1.29 is 0 Å². The first-order valence-corrected chi connectivity index (χ1v) is 9.72. The molecule has 1 N–H and O–H groups in total. The summed E-state index contributed by atoms with van der Waals surface area (Å²) in [4.78, 5) is 13.4. The number of hydrogen-bond donors (Lipinski definition) is 1. The molecular formula is C24H17N7. The fourth-order valence-corrected chi connectivity index (χ4v) is 3.48. The number of anilines is 2. The number of nitrogens with one attached hydrogen (secondary N) is 1. The number of para-hydroxylation sites is 1. The van der Waals surface area contributed by atoms with E-state index >= 15 is 0 Å². The molecule has 0 unspecified atom stereocenters. The molecule has 31 heavy (non-hydrogen) atoms. The fraction of sp³-hybridized carbons (Fsp3) is 0.0417. The van der Waals surface area contributed by atoms with Gasteiger partial charge in [0.05, 0.1) is 17.4 Å². The van der Waals surface area contributed by atoms with E-state index in [1.807, 2.05) is 73.7 Å². The summed E-state index contributed by atoms with van der Waals surface area (Å²) in [6.07, 6.45) is 3.02. The molecule has 0 amide bonds. The molecule has 0 aliphatic heterocycles. The predicted molar refractivity (Wildman–Crippen MR) is 119 cm³/mol. The molecule has 5 aromatic rings. The van der Waals surface area contributed by atoms with Crippen molar-refractivity contribution in [2.24, 2.45) is 0 Å². The SMILES string of the molecule is Cc1cc(-n2ncc(C#N)c2Nc2cc(-c3ccccc3)ncn2)nc2ccccc12. The van der Waals surface area contributed by atoms with Gasteiger partial charge in [-0.2, -0.15) is 15.0 Å². The molecule has 0 spiro atoms. The van der Waals surface area contributed by atoms with Gasteiger partial charge < -0.3 is 5.32 Å². The van der Waals surface area contributed by atoms with Gasteiger partial charge in [-0.15, -0.1) is 0 Å². The van der Waals surface area contributed by atoms with Crippen LogP contribution in [0.3, 0.4) is 0 Å². The molecule has 7 heteroatoms. The third kappa shape index (κ3) is 3.47. The van der Waals surface area contributed by atoms with Crippen LogP contribution in [0.5, 0.6) is 0 Å². The number of hydrogen-bond acceptors (Lipinski definition) is 6. The van der Waals surface area contributed by atoms with Crippen LogP contribution in [0.15, 0.2) is 79.3 Å². The molecule has 0 aliphatic rings. The van der Waals surface area contributed by atoms with E-state index in [1.54, 1.807) is 4.68 Å². The van der Waals surface area contributed by atoms with Crippen LogP contribution in [0.2, 0.25) is 0 Å². The van der Waals surface area contributed by atoms with Gasteiger partial charge in [-0.3, -0.25) is 0 Å². The molecule has 0 aliphatic carbocycles. The maximum absolute atomic E-state index is 9.62. The van der Waals surface area contributed by atoms with E-state index in [1.165, 1.54) is 12.5 Å². The van der Waals surface area contributed by atoms with Crippen molar-refractivity contribution in [1.82, 2.24) is 24.7 Å². The van der Waals surface area contributed by atoms with Gasteiger partial charge in [-0.1, -0.05) is 48.5 Å². The normalized spacial score (nSPS) is 10.7. The number of benzene rings is 2. The summed E-state index contributed by atoms with van der Waals surface area (Å²) in [5, 5.41) is 18.3. The minimum Gasteiger partial charge on any atom is -0.324 e. The Balaban J connectivity index is 1.58. The summed E-state index contributed by atoms with van der Waals surface area (Å²) < 4.78 is 1.63. The molecule has 3 heterocycles. The lowest BCUT2D eigenvalue weighted by Gasteiger charge is -2.12. The zero-order valence-electron chi connectivity index (χ0n) is 16.7. The van der Waals surface area contributed by atoms with Crippen LogP contribution in [-0.2, 0) is 0 Å².